The van der Waals surface area contributed by atoms with Gasteiger partial charge in [0.15, 0.2) is 0 Å². The Hall–Kier alpha value is -1.23. The Kier molecular flexibility index (Phi) is 3.76. The Labute approximate surface area is 80.8 Å². The van der Waals surface area contributed by atoms with Gasteiger partial charge >= 0.3 is 0 Å². The summed E-state index contributed by atoms with van der Waals surface area (Å²) in [5, 5.41) is 11.4. The molecule has 0 aliphatic carbocycles. The fraction of sp³-hybridized carbons (Fsp3) is 0.444. The van der Waals surface area contributed by atoms with E-state index >= 15 is 0 Å². The van der Waals surface area contributed by atoms with Crippen molar-refractivity contribution in [3.8, 4) is 0 Å². The number of hydrogen-bond donors (Lipinski definition) is 2. The first-order chi connectivity index (χ1) is 6.59. The summed E-state index contributed by atoms with van der Waals surface area (Å²) in [7, 11) is 0. The van der Waals surface area contributed by atoms with Gasteiger partial charge in [-0.15, -0.1) is 0 Å². The van der Waals surface area contributed by atoms with Crippen molar-refractivity contribution in [3.05, 3.63) is 23.9 Å². The molecule has 2 N–H and O–H groups in total. The normalized spacial score (nSPS) is 12.9. The molecule has 1 aromatic rings. The van der Waals surface area contributed by atoms with Gasteiger partial charge in [-0.2, -0.15) is 0 Å². The zero-order valence-electron chi connectivity index (χ0n) is 7.74. The second-order valence-corrected chi connectivity index (χ2v) is 3.00. The third-order valence-corrected chi connectivity index (χ3v) is 1.70. The van der Waals surface area contributed by atoms with Gasteiger partial charge in [-0.25, -0.2) is 13.8 Å². The van der Waals surface area contributed by atoms with Crippen LogP contribution in [0.3, 0.4) is 0 Å². The summed E-state index contributed by atoms with van der Waals surface area (Å²) < 4.78 is 23.8. The maximum absolute atomic E-state index is 11.9. The lowest BCUT2D eigenvalue weighted by molar-refractivity contribution is 0.00381. The van der Waals surface area contributed by atoms with Crippen LogP contribution < -0.4 is 5.32 Å². The number of aromatic nitrogens is 1. The average molecular weight is 202 g/mol. The maximum Gasteiger partial charge on any atom is 0.265 e. The zero-order valence-corrected chi connectivity index (χ0v) is 7.74. The number of aryl methyl sites for hydroxylation is 1. The molecule has 1 atom stereocenters. The van der Waals surface area contributed by atoms with Crippen LogP contribution >= 0.6 is 0 Å². The van der Waals surface area contributed by atoms with Crippen LogP contribution in [0.1, 0.15) is 5.56 Å². The molecular weight excluding hydrogens is 190 g/mol. The predicted molar refractivity (Wildman–Crippen MR) is 49.5 cm³/mol. The number of aliphatic hydroxyl groups is 1. The van der Waals surface area contributed by atoms with E-state index in [9.17, 15) is 8.78 Å². The monoisotopic (exact) mass is 202 g/mol. The van der Waals surface area contributed by atoms with Crippen molar-refractivity contribution in [3.63, 3.8) is 0 Å². The predicted octanol–water partition coefficient (Wildman–Crippen LogP) is 1.43. The lowest BCUT2D eigenvalue weighted by Gasteiger charge is -2.11. The first kappa shape index (κ1) is 10.8. The van der Waals surface area contributed by atoms with Gasteiger partial charge in [-0.1, -0.05) is 0 Å². The molecule has 1 rings (SSSR count). The molecule has 0 bridgehead atoms. The number of hydrogen-bond acceptors (Lipinski definition) is 3. The highest BCUT2D eigenvalue weighted by Gasteiger charge is 2.15. The summed E-state index contributed by atoms with van der Waals surface area (Å²) in [4.78, 5) is 3.90. The molecule has 3 nitrogen and oxygen atoms in total. The van der Waals surface area contributed by atoms with Gasteiger partial charge in [0, 0.05) is 12.7 Å². The fourth-order valence-corrected chi connectivity index (χ4v) is 0.931. The van der Waals surface area contributed by atoms with Gasteiger partial charge in [-0.05, 0) is 24.6 Å². The van der Waals surface area contributed by atoms with Crippen LogP contribution in [0.5, 0.6) is 0 Å². The molecule has 0 saturated carbocycles. The third kappa shape index (κ3) is 3.26. The molecule has 0 radical (unpaired) electrons. The lowest BCUT2D eigenvalue weighted by atomic mass is 10.3. The van der Waals surface area contributed by atoms with E-state index in [0.717, 1.165) is 5.56 Å². The van der Waals surface area contributed by atoms with E-state index in [1.54, 1.807) is 18.3 Å². The molecule has 0 aliphatic rings. The van der Waals surface area contributed by atoms with Crippen molar-refractivity contribution in [1.82, 2.24) is 4.98 Å². The van der Waals surface area contributed by atoms with Crippen molar-refractivity contribution in [2.24, 2.45) is 0 Å². The van der Waals surface area contributed by atoms with E-state index in [-0.39, 0.29) is 6.54 Å². The van der Waals surface area contributed by atoms with Gasteiger partial charge in [0.1, 0.15) is 11.9 Å². The van der Waals surface area contributed by atoms with E-state index < -0.39 is 12.5 Å². The van der Waals surface area contributed by atoms with Crippen molar-refractivity contribution in [1.29, 1.82) is 0 Å². The first-order valence-corrected chi connectivity index (χ1v) is 4.22. The van der Waals surface area contributed by atoms with Crippen LogP contribution in [-0.2, 0) is 0 Å². The molecule has 0 fully saturated rings. The molecule has 0 aliphatic heterocycles. The molecule has 0 spiro atoms. The number of pyridine rings is 1. The van der Waals surface area contributed by atoms with E-state index in [0.29, 0.717) is 5.82 Å². The number of nitrogens with zero attached hydrogens (tertiary/aromatic N) is 1. The van der Waals surface area contributed by atoms with Gasteiger partial charge < -0.3 is 10.4 Å². The molecule has 0 amide bonds. The quantitative estimate of drug-likeness (QED) is 0.776. The van der Waals surface area contributed by atoms with Crippen molar-refractivity contribution >= 4 is 5.82 Å². The molecular formula is C9H12F2N2O. The number of rotatable bonds is 4. The third-order valence-electron chi connectivity index (χ3n) is 1.70. The second-order valence-electron chi connectivity index (χ2n) is 3.00. The van der Waals surface area contributed by atoms with Crippen molar-refractivity contribution < 1.29 is 13.9 Å². The van der Waals surface area contributed by atoms with Crippen LogP contribution in [0.15, 0.2) is 18.3 Å². The Morgan fingerprint density at radius 2 is 2.29 bits per heavy atom. The van der Waals surface area contributed by atoms with E-state index in [1.807, 2.05) is 6.92 Å². The molecule has 0 aromatic carbocycles. The molecule has 1 unspecified atom stereocenters. The molecule has 14 heavy (non-hydrogen) atoms. The van der Waals surface area contributed by atoms with Crippen LogP contribution in [-0.4, -0.2) is 29.2 Å². The van der Waals surface area contributed by atoms with E-state index in [4.69, 9.17) is 5.11 Å². The first-order valence-electron chi connectivity index (χ1n) is 4.22. The highest BCUT2D eigenvalue weighted by molar-refractivity contribution is 5.36. The number of nitrogens with one attached hydrogen (secondary N) is 1. The molecule has 0 saturated heterocycles. The maximum atomic E-state index is 11.9. The summed E-state index contributed by atoms with van der Waals surface area (Å²) in [6, 6.07) is 3.52. The molecule has 5 heteroatoms. The number of anilines is 1. The van der Waals surface area contributed by atoms with Crippen molar-refractivity contribution in [2.75, 3.05) is 11.9 Å². The minimum Gasteiger partial charge on any atom is -0.385 e. The molecule has 1 aromatic heterocycles. The van der Waals surface area contributed by atoms with Crippen LogP contribution in [0.25, 0.3) is 0 Å². The zero-order chi connectivity index (χ0) is 10.6. The van der Waals surface area contributed by atoms with Gasteiger partial charge in [0.05, 0.1) is 0 Å². The number of halogens is 2. The largest absolute Gasteiger partial charge is 0.385 e. The Morgan fingerprint density at radius 3 is 2.86 bits per heavy atom. The van der Waals surface area contributed by atoms with E-state index in [2.05, 4.69) is 10.3 Å². The van der Waals surface area contributed by atoms with E-state index in [1.165, 1.54) is 0 Å². The standard InChI is InChI=1S/C9H12F2N2O/c1-6-2-3-12-8(4-6)13-5-7(14)9(10)11/h2-4,7,9,14H,5H2,1H3,(H,12,13). The summed E-state index contributed by atoms with van der Waals surface area (Å²) in [6.07, 6.45) is -2.81. The molecule has 78 valence electrons. The average Bonchev–Trinajstić information content (AvgIpc) is 2.14. The second kappa shape index (κ2) is 4.85. The minimum absolute atomic E-state index is 0.200. The summed E-state index contributed by atoms with van der Waals surface area (Å²) >= 11 is 0. The highest BCUT2D eigenvalue weighted by Crippen LogP contribution is 2.06. The highest BCUT2D eigenvalue weighted by atomic mass is 19.3. The van der Waals surface area contributed by atoms with Crippen LogP contribution in [0.2, 0.25) is 0 Å². The number of alkyl halides is 2. The summed E-state index contributed by atoms with van der Waals surface area (Å²) in [5.74, 6) is 0.490. The molecule has 1 heterocycles. The van der Waals surface area contributed by atoms with Crippen LogP contribution in [0.4, 0.5) is 14.6 Å². The summed E-state index contributed by atoms with van der Waals surface area (Å²) in [5.41, 5.74) is 0.981. The smallest absolute Gasteiger partial charge is 0.265 e. The lowest BCUT2D eigenvalue weighted by Crippen LogP contribution is -2.27. The van der Waals surface area contributed by atoms with Gasteiger partial charge in [0.25, 0.3) is 6.43 Å². The summed E-state index contributed by atoms with van der Waals surface area (Å²) in [6.45, 7) is 1.67. The number of aliphatic hydroxyl groups excluding tert-OH is 1. The van der Waals surface area contributed by atoms with Gasteiger partial charge in [-0.3, -0.25) is 0 Å². The van der Waals surface area contributed by atoms with Gasteiger partial charge in [0.2, 0.25) is 0 Å². The fourth-order valence-electron chi connectivity index (χ4n) is 0.931. The minimum atomic E-state index is -2.73. The Bertz CT molecular complexity index is 294. The Morgan fingerprint density at radius 1 is 1.57 bits per heavy atom. The van der Waals surface area contributed by atoms with Crippen LogP contribution in [0, 0.1) is 6.92 Å². The SMILES string of the molecule is Cc1ccnc(NCC(O)C(F)F)c1. The Balaban J connectivity index is 2.45. The topological polar surface area (TPSA) is 45.2 Å². The van der Waals surface area contributed by atoms with Crippen molar-refractivity contribution in [2.45, 2.75) is 19.5 Å².